The van der Waals surface area contributed by atoms with Gasteiger partial charge in [-0.25, -0.2) is 0 Å². The van der Waals surface area contributed by atoms with Crippen molar-refractivity contribution in [2.24, 2.45) is 0 Å². The van der Waals surface area contributed by atoms with Crippen molar-refractivity contribution in [2.45, 2.75) is 6.04 Å². The Labute approximate surface area is 118 Å². The van der Waals surface area contributed by atoms with Crippen molar-refractivity contribution in [2.75, 3.05) is 7.05 Å². The summed E-state index contributed by atoms with van der Waals surface area (Å²) in [5, 5.41) is 19.3. The van der Waals surface area contributed by atoms with Gasteiger partial charge in [0.1, 0.15) is 10.7 Å². The van der Waals surface area contributed by atoms with Crippen LogP contribution in [0.3, 0.4) is 0 Å². The topological polar surface area (TPSA) is 63.6 Å². The number of rotatable bonds is 4. The highest BCUT2D eigenvalue weighted by molar-refractivity contribution is 7.15. The van der Waals surface area contributed by atoms with Crippen molar-refractivity contribution in [1.29, 1.82) is 0 Å². The summed E-state index contributed by atoms with van der Waals surface area (Å²) in [7, 11) is 1.92. The minimum Gasteiger partial charge on any atom is -0.307 e. The van der Waals surface area contributed by atoms with E-state index >= 15 is 0 Å². The lowest BCUT2D eigenvalue weighted by Crippen LogP contribution is -2.17. The largest absolute Gasteiger partial charge is 0.307 e. The van der Waals surface area contributed by atoms with Gasteiger partial charge in [-0.3, -0.25) is 0 Å². The molecule has 1 aromatic carbocycles. The summed E-state index contributed by atoms with van der Waals surface area (Å²) in [5.74, 6) is 0. The maximum Gasteiger partial charge on any atom is 0.169 e. The van der Waals surface area contributed by atoms with Gasteiger partial charge in [-0.2, -0.15) is 0 Å². The van der Waals surface area contributed by atoms with E-state index < -0.39 is 0 Å². The minimum atomic E-state index is 0.0547. The quantitative estimate of drug-likeness (QED) is 0.799. The van der Waals surface area contributed by atoms with Gasteiger partial charge >= 0.3 is 0 Å². The van der Waals surface area contributed by atoms with Gasteiger partial charge in [0.25, 0.3) is 0 Å². The Hall–Kier alpha value is -1.70. The summed E-state index contributed by atoms with van der Waals surface area (Å²) in [4.78, 5) is 0. The third-order valence-corrected chi connectivity index (χ3v) is 4.20. The molecule has 0 fully saturated rings. The molecule has 0 amide bonds. The Morgan fingerprint density at radius 2 is 1.95 bits per heavy atom. The summed E-state index contributed by atoms with van der Waals surface area (Å²) in [6.45, 7) is 0. The van der Waals surface area contributed by atoms with Crippen LogP contribution in [-0.4, -0.2) is 26.8 Å². The van der Waals surface area contributed by atoms with E-state index in [2.05, 4.69) is 37.2 Å². The first-order valence-electron chi connectivity index (χ1n) is 5.71. The van der Waals surface area contributed by atoms with Crippen molar-refractivity contribution in [3.8, 4) is 10.7 Å². The van der Waals surface area contributed by atoms with Crippen molar-refractivity contribution in [3.63, 3.8) is 0 Å². The Morgan fingerprint density at radius 3 is 2.63 bits per heavy atom. The number of hydrogen-bond acceptors (Lipinski definition) is 7. The minimum absolute atomic E-state index is 0.0547. The molecule has 3 aromatic rings. The third-order valence-electron chi connectivity index (χ3n) is 2.69. The summed E-state index contributed by atoms with van der Waals surface area (Å²) < 4.78 is 3.85. The third kappa shape index (κ3) is 2.53. The Morgan fingerprint density at radius 1 is 1.11 bits per heavy atom. The lowest BCUT2D eigenvalue weighted by molar-refractivity contribution is 0.678. The number of aromatic nitrogens is 4. The Kier molecular flexibility index (Phi) is 3.58. The molecule has 1 atom stereocenters. The fraction of sp³-hybridized carbons (Fsp3) is 0.167. The first-order chi connectivity index (χ1) is 9.38. The second-order valence-corrected chi connectivity index (χ2v) is 5.49. The zero-order chi connectivity index (χ0) is 13.1. The van der Waals surface area contributed by atoms with Gasteiger partial charge in [-0.15, -0.1) is 15.3 Å². The molecular weight excluding hydrogens is 278 g/mol. The fourth-order valence-corrected chi connectivity index (χ4v) is 3.24. The van der Waals surface area contributed by atoms with Crippen LogP contribution in [0.15, 0.2) is 35.7 Å². The van der Waals surface area contributed by atoms with E-state index in [1.54, 1.807) is 0 Å². The standard InChI is InChI=1S/C12H11N5S2/c1-13-10(8-5-3-2-4-6-8)12-16-15-11(19-12)9-7-18-17-14-9/h2-7,10,13H,1H3. The average molecular weight is 289 g/mol. The van der Waals surface area contributed by atoms with E-state index in [1.807, 2.05) is 30.6 Å². The van der Waals surface area contributed by atoms with Crippen molar-refractivity contribution in [1.82, 2.24) is 25.1 Å². The molecule has 2 heterocycles. The van der Waals surface area contributed by atoms with Gasteiger partial charge in [0.2, 0.25) is 0 Å². The van der Waals surface area contributed by atoms with E-state index in [0.29, 0.717) is 0 Å². The molecule has 0 aliphatic carbocycles. The second kappa shape index (κ2) is 5.52. The van der Waals surface area contributed by atoms with E-state index in [9.17, 15) is 0 Å². The molecule has 0 spiro atoms. The van der Waals surface area contributed by atoms with Gasteiger partial charge in [-0.05, 0) is 24.1 Å². The van der Waals surface area contributed by atoms with Crippen LogP contribution in [-0.2, 0) is 0 Å². The molecule has 19 heavy (non-hydrogen) atoms. The van der Waals surface area contributed by atoms with Crippen molar-refractivity contribution in [3.05, 3.63) is 46.3 Å². The van der Waals surface area contributed by atoms with Crippen LogP contribution in [0.1, 0.15) is 16.6 Å². The number of nitrogens with one attached hydrogen (secondary N) is 1. The predicted octanol–water partition coefficient (Wildman–Crippen LogP) is 2.37. The molecule has 2 aromatic heterocycles. The van der Waals surface area contributed by atoms with Gasteiger partial charge in [0.05, 0.1) is 6.04 Å². The van der Waals surface area contributed by atoms with Crippen LogP contribution < -0.4 is 5.32 Å². The van der Waals surface area contributed by atoms with Gasteiger partial charge in [0, 0.05) is 5.38 Å². The molecule has 3 rings (SSSR count). The highest BCUT2D eigenvalue weighted by atomic mass is 32.1. The Balaban J connectivity index is 1.93. The first kappa shape index (κ1) is 12.3. The molecule has 96 valence electrons. The maximum absolute atomic E-state index is 4.26. The molecule has 0 bridgehead atoms. The number of nitrogens with zero attached hydrogens (tertiary/aromatic N) is 4. The maximum atomic E-state index is 4.26. The Bertz CT molecular complexity index is 635. The second-order valence-electron chi connectivity index (χ2n) is 3.87. The van der Waals surface area contributed by atoms with E-state index in [4.69, 9.17) is 0 Å². The van der Waals surface area contributed by atoms with Crippen LogP contribution in [0.25, 0.3) is 10.7 Å². The van der Waals surface area contributed by atoms with Crippen LogP contribution in [0, 0.1) is 0 Å². The summed E-state index contributed by atoms with van der Waals surface area (Å²) >= 11 is 2.85. The van der Waals surface area contributed by atoms with Gasteiger partial charge in [-0.1, -0.05) is 46.2 Å². The molecule has 5 nitrogen and oxygen atoms in total. The zero-order valence-corrected chi connectivity index (χ0v) is 11.8. The lowest BCUT2D eigenvalue weighted by atomic mass is 10.1. The number of benzene rings is 1. The predicted molar refractivity (Wildman–Crippen MR) is 76.2 cm³/mol. The monoisotopic (exact) mass is 289 g/mol. The molecule has 0 saturated carbocycles. The normalized spacial score (nSPS) is 12.5. The molecule has 0 saturated heterocycles. The van der Waals surface area contributed by atoms with E-state index in [0.717, 1.165) is 15.7 Å². The van der Waals surface area contributed by atoms with Gasteiger partial charge in [0.15, 0.2) is 5.01 Å². The zero-order valence-electron chi connectivity index (χ0n) is 10.1. The van der Waals surface area contributed by atoms with Crippen LogP contribution >= 0.6 is 22.9 Å². The van der Waals surface area contributed by atoms with Crippen molar-refractivity contribution >= 4 is 22.9 Å². The summed E-state index contributed by atoms with van der Waals surface area (Å²) in [6, 6.07) is 10.2. The first-order valence-corrected chi connectivity index (χ1v) is 7.37. The molecule has 0 radical (unpaired) electrons. The summed E-state index contributed by atoms with van der Waals surface area (Å²) in [5.41, 5.74) is 1.96. The van der Waals surface area contributed by atoms with Gasteiger partial charge < -0.3 is 5.32 Å². The van der Waals surface area contributed by atoms with Crippen molar-refractivity contribution < 1.29 is 0 Å². The molecule has 0 aliphatic rings. The van der Waals surface area contributed by atoms with E-state index in [1.165, 1.54) is 28.4 Å². The van der Waals surface area contributed by atoms with Crippen LogP contribution in [0.5, 0.6) is 0 Å². The average Bonchev–Trinajstić information content (AvgIpc) is 3.11. The summed E-state index contributed by atoms with van der Waals surface area (Å²) in [6.07, 6.45) is 0. The molecular formula is C12H11N5S2. The highest BCUT2D eigenvalue weighted by Crippen LogP contribution is 2.29. The molecule has 1 N–H and O–H groups in total. The van der Waals surface area contributed by atoms with E-state index in [-0.39, 0.29) is 6.04 Å². The molecule has 0 aliphatic heterocycles. The molecule has 7 heteroatoms. The number of hydrogen-bond donors (Lipinski definition) is 1. The lowest BCUT2D eigenvalue weighted by Gasteiger charge is -2.12. The van der Waals surface area contributed by atoms with Crippen LogP contribution in [0.4, 0.5) is 0 Å². The SMILES string of the molecule is CNC(c1ccccc1)c1nnc(-c2csnn2)s1. The van der Waals surface area contributed by atoms with Crippen LogP contribution in [0.2, 0.25) is 0 Å². The smallest absolute Gasteiger partial charge is 0.169 e. The fourth-order valence-electron chi connectivity index (χ4n) is 1.79. The highest BCUT2D eigenvalue weighted by Gasteiger charge is 2.18. The molecule has 1 unspecified atom stereocenters.